The minimum absolute atomic E-state index is 0.0240. The number of carbonyl (C=O) groups is 1. The van der Waals surface area contributed by atoms with Crippen molar-refractivity contribution in [2.75, 3.05) is 0 Å². The van der Waals surface area contributed by atoms with Gasteiger partial charge < -0.3 is 0 Å². The average Bonchev–Trinajstić information content (AvgIpc) is 2.29. The molecule has 1 aromatic rings. The van der Waals surface area contributed by atoms with Crippen molar-refractivity contribution >= 4 is 34.7 Å². The van der Waals surface area contributed by atoms with Gasteiger partial charge in [0.1, 0.15) is 0 Å². The first-order valence-corrected chi connectivity index (χ1v) is 6.38. The highest BCUT2D eigenvalue weighted by Gasteiger charge is 1.97. The lowest BCUT2D eigenvalue weighted by Gasteiger charge is -1.98. The molecular weight excluding hydrogens is 315 g/mol. The summed E-state index contributed by atoms with van der Waals surface area (Å²) in [7, 11) is 0. The molecule has 0 saturated heterocycles. The standard InChI is InChI=1S/C12H15IN2O/c1-2-3-8-12(16)15-14-9-10-6-4-5-7-11(10)13/h4-7,9H,2-3,8H2,1H3,(H,15,16). The average molecular weight is 330 g/mol. The molecule has 0 aliphatic rings. The van der Waals surface area contributed by atoms with E-state index in [2.05, 4.69) is 40.0 Å². The zero-order valence-electron chi connectivity index (χ0n) is 9.24. The van der Waals surface area contributed by atoms with Crippen LogP contribution >= 0.6 is 22.6 Å². The maximum atomic E-state index is 11.3. The highest BCUT2D eigenvalue weighted by atomic mass is 127. The van der Waals surface area contributed by atoms with Crippen molar-refractivity contribution in [3.05, 3.63) is 33.4 Å². The smallest absolute Gasteiger partial charge is 0.240 e. The van der Waals surface area contributed by atoms with E-state index in [0.29, 0.717) is 6.42 Å². The molecule has 0 spiro atoms. The van der Waals surface area contributed by atoms with Crippen molar-refractivity contribution in [1.29, 1.82) is 0 Å². The van der Waals surface area contributed by atoms with Gasteiger partial charge in [-0.1, -0.05) is 31.5 Å². The van der Waals surface area contributed by atoms with Crippen LogP contribution in [-0.2, 0) is 4.79 Å². The van der Waals surface area contributed by atoms with E-state index in [1.165, 1.54) is 0 Å². The normalized spacial score (nSPS) is 10.6. The Labute approximate surface area is 109 Å². The van der Waals surface area contributed by atoms with Crippen LogP contribution in [0.4, 0.5) is 0 Å². The molecule has 1 aromatic carbocycles. The van der Waals surface area contributed by atoms with Crippen LogP contribution in [0.2, 0.25) is 0 Å². The molecule has 1 rings (SSSR count). The first-order valence-electron chi connectivity index (χ1n) is 5.30. The van der Waals surface area contributed by atoms with Crippen LogP contribution in [0.5, 0.6) is 0 Å². The maximum absolute atomic E-state index is 11.3. The molecule has 0 fully saturated rings. The van der Waals surface area contributed by atoms with Crippen molar-refractivity contribution in [3.63, 3.8) is 0 Å². The SMILES string of the molecule is CCCCC(=O)NN=Cc1ccccc1I. The van der Waals surface area contributed by atoms with Crippen LogP contribution in [0.1, 0.15) is 31.7 Å². The quantitative estimate of drug-likeness (QED) is 0.503. The van der Waals surface area contributed by atoms with E-state index >= 15 is 0 Å². The first kappa shape index (κ1) is 13.2. The van der Waals surface area contributed by atoms with E-state index in [1.807, 2.05) is 24.3 Å². The van der Waals surface area contributed by atoms with Crippen molar-refractivity contribution in [3.8, 4) is 0 Å². The molecule has 0 saturated carbocycles. The molecule has 0 atom stereocenters. The lowest BCUT2D eigenvalue weighted by molar-refractivity contribution is -0.121. The first-order chi connectivity index (χ1) is 7.74. The summed E-state index contributed by atoms with van der Waals surface area (Å²) in [6, 6.07) is 7.88. The summed E-state index contributed by atoms with van der Waals surface area (Å²) < 4.78 is 1.12. The number of unbranched alkanes of at least 4 members (excludes halogenated alkanes) is 1. The van der Waals surface area contributed by atoms with Crippen LogP contribution in [0.25, 0.3) is 0 Å². The Balaban J connectivity index is 2.43. The molecule has 0 bridgehead atoms. The second kappa shape index (κ2) is 7.38. The minimum atomic E-state index is -0.0240. The summed E-state index contributed by atoms with van der Waals surface area (Å²) in [6.45, 7) is 2.06. The van der Waals surface area contributed by atoms with E-state index in [4.69, 9.17) is 0 Å². The van der Waals surface area contributed by atoms with Crippen LogP contribution in [0.15, 0.2) is 29.4 Å². The van der Waals surface area contributed by atoms with E-state index < -0.39 is 0 Å². The van der Waals surface area contributed by atoms with Crippen LogP contribution in [0.3, 0.4) is 0 Å². The van der Waals surface area contributed by atoms with Gasteiger partial charge in [-0.2, -0.15) is 5.10 Å². The summed E-state index contributed by atoms with van der Waals surface area (Å²) in [6.07, 6.45) is 4.14. The number of hydrogen-bond donors (Lipinski definition) is 1. The molecule has 0 aliphatic heterocycles. The Morgan fingerprint density at radius 2 is 2.25 bits per heavy atom. The Morgan fingerprint density at radius 1 is 1.50 bits per heavy atom. The second-order valence-electron chi connectivity index (χ2n) is 3.42. The summed E-state index contributed by atoms with van der Waals surface area (Å²) in [5.41, 5.74) is 3.53. The fourth-order valence-corrected chi connectivity index (χ4v) is 1.67. The number of halogens is 1. The Bertz CT molecular complexity index is 377. The van der Waals surface area contributed by atoms with Crippen molar-refractivity contribution < 1.29 is 4.79 Å². The Morgan fingerprint density at radius 3 is 2.94 bits per heavy atom. The van der Waals surface area contributed by atoms with Gasteiger partial charge in [0, 0.05) is 15.6 Å². The number of hydrogen-bond acceptors (Lipinski definition) is 2. The molecule has 4 heteroatoms. The van der Waals surface area contributed by atoms with E-state index in [-0.39, 0.29) is 5.91 Å². The monoisotopic (exact) mass is 330 g/mol. The molecule has 0 aliphatic carbocycles. The molecule has 1 amide bonds. The number of benzene rings is 1. The maximum Gasteiger partial charge on any atom is 0.240 e. The third-order valence-electron chi connectivity index (χ3n) is 2.06. The van der Waals surface area contributed by atoms with Crippen molar-refractivity contribution in [2.45, 2.75) is 26.2 Å². The number of nitrogens with zero attached hydrogens (tertiary/aromatic N) is 1. The molecule has 0 heterocycles. The minimum Gasteiger partial charge on any atom is -0.273 e. The van der Waals surface area contributed by atoms with Gasteiger partial charge in [0.15, 0.2) is 0 Å². The Kier molecular flexibility index (Phi) is 6.07. The molecular formula is C12H15IN2O. The van der Waals surface area contributed by atoms with Gasteiger partial charge in [0.2, 0.25) is 5.91 Å². The van der Waals surface area contributed by atoms with Crippen LogP contribution in [0, 0.1) is 3.57 Å². The predicted octanol–water partition coefficient (Wildman–Crippen LogP) is 2.93. The van der Waals surface area contributed by atoms with Gasteiger partial charge in [0.25, 0.3) is 0 Å². The number of carbonyl (C=O) groups excluding carboxylic acids is 1. The lowest BCUT2D eigenvalue weighted by atomic mass is 10.2. The number of nitrogens with one attached hydrogen (secondary N) is 1. The molecule has 86 valence electrons. The number of rotatable bonds is 5. The molecule has 0 radical (unpaired) electrons. The van der Waals surface area contributed by atoms with Crippen LogP contribution in [-0.4, -0.2) is 12.1 Å². The molecule has 0 aromatic heterocycles. The summed E-state index contributed by atoms with van der Waals surface area (Å²) in [4.78, 5) is 11.3. The summed E-state index contributed by atoms with van der Waals surface area (Å²) in [5, 5.41) is 3.93. The number of amides is 1. The zero-order valence-corrected chi connectivity index (χ0v) is 11.4. The van der Waals surface area contributed by atoms with Crippen LogP contribution < -0.4 is 5.43 Å². The fraction of sp³-hybridized carbons (Fsp3) is 0.333. The zero-order chi connectivity index (χ0) is 11.8. The highest BCUT2D eigenvalue weighted by Crippen LogP contribution is 2.08. The molecule has 0 unspecified atom stereocenters. The largest absolute Gasteiger partial charge is 0.273 e. The third-order valence-corrected chi connectivity index (χ3v) is 3.04. The highest BCUT2D eigenvalue weighted by molar-refractivity contribution is 14.1. The van der Waals surface area contributed by atoms with E-state index in [9.17, 15) is 4.79 Å². The van der Waals surface area contributed by atoms with Gasteiger partial charge in [0.05, 0.1) is 6.21 Å². The van der Waals surface area contributed by atoms with Crippen molar-refractivity contribution in [1.82, 2.24) is 5.43 Å². The van der Waals surface area contributed by atoms with E-state index in [1.54, 1.807) is 6.21 Å². The molecule has 16 heavy (non-hydrogen) atoms. The van der Waals surface area contributed by atoms with E-state index in [0.717, 1.165) is 22.0 Å². The van der Waals surface area contributed by atoms with Crippen molar-refractivity contribution in [2.24, 2.45) is 5.10 Å². The number of hydrazone groups is 1. The molecule has 3 nitrogen and oxygen atoms in total. The topological polar surface area (TPSA) is 41.5 Å². The van der Waals surface area contributed by atoms with Gasteiger partial charge >= 0.3 is 0 Å². The fourth-order valence-electron chi connectivity index (χ4n) is 1.15. The summed E-state index contributed by atoms with van der Waals surface area (Å²) in [5.74, 6) is -0.0240. The molecule has 1 N–H and O–H groups in total. The van der Waals surface area contributed by atoms with Gasteiger partial charge in [-0.3, -0.25) is 4.79 Å². The Hall–Kier alpha value is -0.910. The second-order valence-corrected chi connectivity index (χ2v) is 4.58. The lowest BCUT2D eigenvalue weighted by Crippen LogP contribution is -2.16. The van der Waals surface area contributed by atoms with Gasteiger partial charge in [-0.25, -0.2) is 5.43 Å². The van der Waals surface area contributed by atoms with Gasteiger partial charge in [-0.05, 0) is 35.1 Å². The van der Waals surface area contributed by atoms with Gasteiger partial charge in [-0.15, -0.1) is 0 Å². The predicted molar refractivity (Wildman–Crippen MR) is 74.4 cm³/mol. The summed E-state index contributed by atoms with van der Waals surface area (Å²) >= 11 is 2.24. The third kappa shape index (κ3) is 4.74.